The zero-order valence-electron chi connectivity index (χ0n) is 19.1. The van der Waals surface area contributed by atoms with Crippen LogP contribution in [0.2, 0.25) is 0 Å². The molecule has 1 N–H and O–H groups in total. The monoisotopic (exact) mass is 489 g/mol. The number of hydrogen-bond donors (Lipinski definition) is 1. The number of aromatic nitrogens is 6. The van der Waals surface area contributed by atoms with Crippen molar-refractivity contribution >= 4 is 11.6 Å². The van der Waals surface area contributed by atoms with Gasteiger partial charge < -0.3 is 10.1 Å². The fourth-order valence-corrected chi connectivity index (χ4v) is 3.74. The number of alkyl halides is 3. The van der Waals surface area contributed by atoms with Gasteiger partial charge in [-0.2, -0.15) is 10.1 Å². The average Bonchev–Trinajstić information content (AvgIpc) is 3.41. The normalized spacial score (nSPS) is 16.4. The quantitative estimate of drug-likeness (QED) is 0.269. The van der Waals surface area contributed by atoms with Crippen LogP contribution < -0.4 is 5.32 Å². The van der Waals surface area contributed by atoms with Gasteiger partial charge in [0.2, 0.25) is 5.95 Å². The van der Waals surface area contributed by atoms with Crippen LogP contribution in [0, 0.1) is 12.7 Å². The van der Waals surface area contributed by atoms with Gasteiger partial charge in [-0.05, 0) is 62.6 Å². The van der Waals surface area contributed by atoms with E-state index in [1.165, 1.54) is 42.2 Å². The number of hydrogen-bond acceptors (Lipinski definition) is 6. The third-order valence-electron chi connectivity index (χ3n) is 5.36. The lowest BCUT2D eigenvalue weighted by atomic mass is 9.91. The molecule has 8 nitrogen and oxygen atoms in total. The summed E-state index contributed by atoms with van der Waals surface area (Å²) in [4.78, 5) is 8.54. The highest BCUT2D eigenvalue weighted by Gasteiger charge is 2.31. The summed E-state index contributed by atoms with van der Waals surface area (Å²) in [5, 5.41) is 11.6. The summed E-state index contributed by atoms with van der Waals surface area (Å²) < 4.78 is 59.2. The summed E-state index contributed by atoms with van der Waals surface area (Å²) in [6.45, 7) is 7.80. The molecule has 0 saturated carbocycles. The summed E-state index contributed by atoms with van der Waals surface area (Å²) in [7, 11) is 0. The molecule has 0 saturated heterocycles. The van der Waals surface area contributed by atoms with E-state index in [-0.39, 0.29) is 23.3 Å². The van der Waals surface area contributed by atoms with Gasteiger partial charge in [-0.15, -0.1) is 18.3 Å². The topological polar surface area (TPSA) is 82.7 Å². The van der Waals surface area contributed by atoms with E-state index in [9.17, 15) is 17.6 Å². The van der Waals surface area contributed by atoms with Gasteiger partial charge >= 0.3 is 6.36 Å². The van der Waals surface area contributed by atoms with E-state index in [1.807, 2.05) is 0 Å². The number of nitrogens with zero attached hydrogens (tertiary/aromatic N) is 6. The van der Waals surface area contributed by atoms with E-state index in [4.69, 9.17) is 0 Å². The second-order valence-electron chi connectivity index (χ2n) is 7.89. The minimum absolute atomic E-state index is 0.235. The molecular weight excluding hydrogens is 466 g/mol. The third kappa shape index (κ3) is 5.76. The van der Waals surface area contributed by atoms with Crippen molar-refractivity contribution in [3.05, 3.63) is 78.1 Å². The second kappa shape index (κ2) is 9.72. The number of fused-ring (bicyclic) bond motifs is 1. The Morgan fingerprint density at radius 1 is 1.26 bits per heavy atom. The molecule has 2 aromatic heterocycles. The van der Waals surface area contributed by atoms with Gasteiger partial charge in [0.05, 0.1) is 0 Å². The van der Waals surface area contributed by atoms with Crippen LogP contribution in [-0.2, 0) is 11.3 Å². The van der Waals surface area contributed by atoms with Gasteiger partial charge in [-0.3, -0.25) is 0 Å². The smallest absolute Gasteiger partial charge is 0.406 e. The summed E-state index contributed by atoms with van der Waals surface area (Å²) in [5.41, 5.74) is 1.28. The Hall–Kier alpha value is -3.96. The first-order chi connectivity index (χ1) is 16.6. The highest BCUT2D eigenvalue weighted by atomic mass is 19.4. The molecule has 1 aliphatic rings. The van der Waals surface area contributed by atoms with Crippen molar-refractivity contribution in [2.24, 2.45) is 0 Å². The Kier molecular flexibility index (Phi) is 6.72. The van der Waals surface area contributed by atoms with Crippen molar-refractivity contribution in [2.75, 3.05) is 5.32 Å². The van der Waals surface area contributed by atoms with Gasteiger partial charge in [0, 0.05) is 18.2 Å². The summed E-state index contributed by atoms with van der Waals surface area (Å²) in [5.74, 6) is 0.372. The fourth-order valence-electron chi connectivity index (χ4n) is 3.74. The SMILES string of the molecule is C=C(C=CC(=CC)OC(F)(F)F)C1CCCn2nc(Nc3ccc(-n4cnc(C)n4)c(F)c3)nc21. The molecule has 4 rings (SSSR count). The number of anilines is 2. The van der Waals surface area contributed by atoms with E-state index in [1.54, 1.807) is 23.7 Å². The van der Waals surface area contributed by atoms with E-state index < -0.39 is 12.2 Å². The molecule has 1 aliphatic heterocycles. The molecule has 0 fully saturated rings. The highest BCUT2D eigenvalue weighted by Crippen LogP contribution is 2.33. The lowest BCUT2D eigenvalue weighted by Gasteiger charge is -2.22. The second-order valence-corrected chi connectivity index (χ2v) is 7.89. The number of allylic oxidation sites excluding steroid dienone is 4. The van der Waals surface area contributed by atoms with Crippen molar-refractivity contribution < 1.29 is 22.3 Å². The third-order valence-corrected chi connectivity index (χ3v) is 5.36. The van der Waals surface area contributed by atoms with Crippen LogP contribution in [0.4, 0.5) is 29.2 Å². The number of ether oxygens (including phenoxy) is 1. The van der Waals surface area contributed by atoms with Gasteiger partial charge in [-0.1, -0.05) is 12.7 Å². The standard InChI is InChI=1S/C23H23F4N7O/c1-4-17(35-23(25,26)27)9-7-14(2)18-6-5-11-33-21(18)30-22(32-33)29-16-8-10-20(19(24)12-16)34-13-28-15(3)31-34/h4,7-10,12-13,18H,2,5-6,11H2,1,3H3,(H,29,32). The molecule has 3 heterocycles. The molecule has 12 heteroatoms. The molecule has 1 atom stereocenters. The van der Waals surface area contributed by atoms with Crippen molar-refractivity contribution in [1.82, 2.24) is 29.5 Å². The molecule has 3 aromatic rings. The van der Waals surface area contributed by atoms with E-state index in [0.29, 0.717) is 35.9 Å². The highest BCUT2D eigenvalue weighted by molar-refractivity contribution is 5.56. The Balaban J connectivity index is 1.49. The molecule has 0 amide bonds. The molecule has 0 spiro atoms. The van der Waals surface area contributed by atoms with Crippen LogP contribution in [0.25, 0.3) is 5.69 Å². The first-order valence-corrected chi connectivity index (χ1v) is 10.8. The number of halogens is 4. The van der Waals surface area contributed by atoms with E-state index in [2.05, 4.69) is 36.8 Å². The maximum atomic E-state index is 14.6. The number of aryl methyl sites for hydroxylation is 2. The largest absolute Gasteiger partial charge is 0.573 e. The van der Waals surface area contributed by atoms with Crippen LogP contribution >= 0.6 is 0 Å². The van der Waals surface area contributed by atoms with Crippen molar-refractivity contribution in [1.29, 1.82) is 0 Å². The molecule has 0 bridgehead atoms. The van der Waals surface area contributed by atoms with Crippen LogP contribution in [0.5, 0.6) is 0 Å². The molecule has 35 heavy (non-hydrogen) atoms. The first kappa shape index (κ1) is 24.2. The van der Waals surface area contributed by atoms with Crippen LogP contribution in [0.15, 0.2) is 60.7 Å². The number of benzene rings is 1. The van der Waals surface area contributed by atoms with Crippen molar-refractivity contribution in [2.45, 2.75) is 45.5 Å². The molecule has 0 radical (unpaired) electrons. The van der Waals surface area contributed by atoms with Gasteiger partial charge in [0.25, 0.3) is 0 Å². The zero-order valence-corrected chi connectivity index (χ0v) is 19.1. The van der Waals surface area contributed by atoms with Crippen molar-refractivity contribution in [3.8, 4) is 5.69 Å². The summed E-state index contributed by atoms with van der Waals surface area (Å²) in [6.07, 6.45) is 2.11. The average molecular weight is 489 g/mol. The maximum Gasteiger partial charge on any atom is 0.573 e. The van der Waals surface area contributed by atoms with Crippen LogP contribution in [0.1, 0.15) is 37.3 Å². The Morgan fingerprint density at radius 3 is 2.71 bits per heavy atom. The predicted octanol–water partition coefficient (Wildman–Crippen LogP) is 5.48. The minimum Gasteiger partial charge on any atom is -0.406 e. The zero-order chi connectivity index (χ0) is 25.2. The Bertz CT molecular complexity index is 1290. The first-order valence-electron chi connectivity index (χ1n) is 10.8. The van der Waals surface area contributed by atoms with Crippen LogP contribution in [-0.4, -0.2) is 35.9 Å². The Morgan fingerprint density at radius 2 is 2.06 bits per heavy atom. The molecular formula is C23H23F4N7O. The summed E-state index contributed by atoms with van der Waals surface area (Å²) in [6, 6.07) is 4.55. The predicted molar refractivity (Wildman–Crippen MR) is 121 cm³/mol. The molecule has 1 aromatic carbocycles. The minimum atomic E-state index is -4.77. The van der Waals surface area contributed by atoms with Crippen LogP contribution in [0.3, 0.4) is 0 Å². The van der Waals surface area contributed by atoms with Gasteiger partial charge in [-0.25, -0.2) is 18.7 Å². The Labute approximate surface area is 198 Å². The van der Waals surface area contributed by atoms with Gasteiger partial charge in [0.1, 0.15) is 29.4 Å². The lowest BCUT2D eigenvalue weighted by molar-refractivity contribution is -0.303. The lowest BCUT2D eigenvalue weighted by Crippen LogP contribution is -2.18. The van der Waals surface area contributed by atoms with E-state index >= 15 is 0 Å². The number of nitrogens with one attached hydrogen (secondary N) is 1. The molecule has 0 aliphatic carbocycles. The van der Waals surface area contributed by atoms with Gasteiger partial charge in [0.15, 0.2) is 5.82 Å². The number of rotatable bonds is 7. The molecule has 1 unspecified atom stereocenters. The summed E-state index contributed by atoms with van der Waals surface area (Å²) >= 11 is 0. The maximum absolute atomic E-state index is 14.6. The van der Waals surface area contributed by atoms with Crippen molar-refractivity contribution in [3.63, 3.8) is 0 Å². The van der Waals surface area contributed by atoms with E-state index in [0.717, 1.165) is 6.42 Å². The fraction of sp³-hybridized carbons (Fsp3) is 0.304. The molecule has 184 valence electrons.